The Kier molecular flexibility index (Phi) is 6.50. The third-order valence-corrected chi connectivity index (χ3v) is 5.83. The zero-order valence-corrected chi connectivity index (χ0v) is 20.2. The van der Waals surface area contributed by atoms with Crippen molar-refractivity contribution in [1.29, 1.82) is 0 Å². The summed E-state index contributed by atoms with van der Waals surface area (Å²) in [5.74, 6) is 0.472. The van der Waals surface area contributed by atoms with Crippen molar-refractivity contribution >= 4 is 5.78 Å². The Bertz CT molecular complexity index is 1060. The summed E-state index contributed by atoms with van der Waals surface area (Å²) in [6, 6.07) is 21.1. The van der Waals surface area contributed by atoms with Crippen LogP contribution in [-0.4, -0.2) is 18.0 Å². The van der Waals surface area contributed by atoms with Crippen molar-refractivity contribution in [3.8, 4) is 11.5 Å². The summed E-state index contributed by atoms with van der Waals surface area (Å²) in [6.45, 7) is 12.5. The van der Waals surface area contributed by atoms with Gasteiger partial charge in [-0.25, -0.2) is 0 Å². The van der Waals surface area contributed by atoms with E-state index in [9.17, 15) is 9.90 Å². The quantitative estimate of drug-likeness (QED) is 0.443. The van der Waals surface area contributed by atoms with E-state index in [4.69, 9.17) is 4.74 Å². The number of ketones is 1. The molecule has 3 heteroatoms. The van der Waals surface area contributed by atoms with E-state index in [1.165, 1.54) is 0 Å². The molecule has 0 fully saturated rings. The van der Waals surface area contributed by atoms with Gasteiger partial charge in [0.1, 0.15) is 11.5 Å². The van der Waals surface area contributed by atoms with Crippen LogP contribution in [0.15, 0.2) is 66.7 Å². The first-order chi connectivity index (χ1) is 14.9. The summed E-state index contributed by atoms with van der Waals surface area (Å²) < 4.78 is 5.35. The maximum Gasteiger partial charge on any atom is 0.174 e. The third-order valence-electron chi connectivity index (χ3n) is 5.83. The molecule has 0 radical (unpaired) electrons. The Hall–Kier alpha value is -3.07. The molecule has 0 aliphatic carbocycles. The Balaban J connectivity index is 2.29. The average Bonchev–Trinajstić information content (AvgIpc) is 2.74. The van der Waals surface area contributed by atoms with Gasteiger partial charge in [0.05, 0.1) is 13.0 Å². The maximum atomic E-state index is 13.9. The van der Waals surface area contributed by atoms with Gasteiger partial charge in [-0.3, -0.25) is 4.79 Å². The fourth-order valence-corrected chi connectivity index (χ4v) is 4.05. The van der Waals surface area contributed by atoms with E-state index in [0.717, 1.165) is 22.3 Å². The topological polar surface area (TPSA) is 46.5 Å². The van der Waals surface area contributed by atoms with E-state index in [2.05, 4.69) is 41.5 Å². The van der Waals surface area contributed by atoms with Crippen LogP contribution in [0, 0.1) is 0 Å². The van der Waals surface area contributed by atoms with Crippen molar-refractivity contribution in [1.82, 2.24) is 0 Å². The van der Waals surface area contributed by atoms with Crippen LogP contribution < -0.4 is 4.74 Å². The Morgan fingerprint density at radius 1 is 0.781 bits per heavy atom. The largest absolute Gasteiger partial charge is 0.507 e. The number of hydrogen-bond donors (Lipinski definition) is 1. The van der Waals surface area contributed by atoms with E-state index >= 15 is 0 Å². The van der Waals surface area contributed by atoms with Gasteiger partial charge >= 0.3 is 0 Å². The van der Waals surface area contributed by atoms with Gasteiger partial charge in [-0.2, -0.15) is 0 Å². The lowest BCUT2D eigenvalue weighted by Gasteiger charge is -2.30. The second kappa shape index (κ2) is 8.82. The molecule has 0 aliphatic rings. The van der Waals surface area contributed by atoms with Gasteiger partial charge in [-0.1, -0.05) is 96.1 Å². The van der Waals surface area contributed by atoms with Crippen LogP contribution in [0.4, 0.5) is 0 Å². The summed E-state index contributed by atoms with van der Waals surface area (Å²) >= 11 is 0. The van der Waals surface area contributed by atoms with E-state index in [1.54, 1.807) is 13.2 Å². The van der Waals surface area contributed by atoms with Gasteiger partial charge in [-0.15, -0.1) is 0 Å². The standard InChI is InChI=1S/C29H34O3/c1-28(2,3)23-17-21(18-24(27(23)31)29(4,5)6)25(19-12-9-8-10-13-19)26(30)20-14-11-15-22(16-20)32-7/h8-18,25,31H,1-7H3. The molecule has 1 atom stereocenters. The Labute approximate surface area is 192 Å². The van der Waals surface area contributed by atoms with Crippen LogP contribution >= 0.6 is 0 Å². The van der Waals surface area contributed by atoms with Gasteiger partial charge in [0.2, 0.25) is 0 Å². The highest BCUT2D eigenvalue weighted by Crippen LogP contribution is 2.42. The molecule has 3 aromatic carbocycles. The van der Waals surface area contributed by atoms with Gasteiger partial charge in [0.15, 0.2) is 5.78 Å². The number of methoxy groups -OCH3 is 1. The molecular weight excluding hydrogens is 396 g/mol. The molecule has 0 spiro atoms. The summed E-state index contributed by atoms with van der Waals surface area (Å²) in [5, 5.41) is 11.2. The average molecular weight is 431 g/mol. The summed E-state index contributed by atoms with van der Waals surface area (Å²) in [5.41, 5.74) is 3.54. The number of aromatic hydroxyl groups is 1. The van der Waals surface area contributed by atoms with Gasteiger partial charge in [-0.05, 0) is 45.2 Å². The second-order valence-electron chi connectivity index (χ2n) is 10.4. The normalized spacial score (nSPS) is 13.0. The molecular formula is C29H34O3. The number of phenolic OH excluding ortho intramolecular Hbond substituents is 1. The minimum absolute atomic E-state index is 0.000471. The molecule has 0 saturated heterocycles. The van der Waals surface area contributed by atoms with Crippen molar-refractivity contribution in [2.45, 2.75) is 58.3 Å². The summed E-state index contributed by atoms with van der Waals surface area (Å²) in [6.07, 6.45) is 0. The number of phenols is 1. The molecule has 0 aromatic heterocycles. The van der Waals surface area contributed by atoms with Crippen LogP contribution in [0.25, 0.3) is 0 Å². The first-order valence-electron chi connectivity index (χ1n) is 11.0. The van der Waals surface area contributed by atoms with Crippen LogP contribution in [0.5, 0.6) is 11.5 Å². The van der Waals surface area contributed by atoms with E-state index in [0.29, 0.717) is 17.1 Å². The maximum absolute atomic E-state index is 13.9. The first kappa shape index (κ1) is 23.6. The van der Waals surface area contributed by atoms with Crippen molar-refractivity contribution in [3.63, 3.8) is 0 Å². The molecule has 168 valence electrons. The first-order valence-corrected chi connectivity index (χ1v) is 11.0. The lowest BCUT2D eigenvalue weighted by Crippen LogP contribution is -2.21. The van der Waals surface area contributed by atoms with E-state index in [1.807, 2.05) is 60.7 Å². The fraction of sp³-hybridized carbons (Fsp3) is 0.345. The SMILES string of the molecule is COc1cccc(C(=O)C(c2ccccc2)c2cc(C(C)(C)C)c(O)c(C(C)(C)C)c2)c1. The van der Waals surface area contributed by atoms with Gasteiger partial charge in [0.25, 0.3) is 0 Å². The Morgan fingerprint density at radius 3 is 1.84 bits per heavy atom. The molecule has 3 aromatic rings. The molecule has 1 unspecified atom stereocenters. The molecule has 3 nitrogen and oxygen atoms in total. The smallest absolute Gasteiger partial charge is 0.174 e. The van der Waals surface area contributed by atoms with Gasteiger partial charge < -0.3 is 9.84 Å². The summed E-state index contributed by atoms with van der Waals surface area (Å²) in [4.78, 5) is 13.9. The highest BCUT2D eigenvalue weighted by molar-refractivity contribution is 6.03. The lowest BCUT2D eigenvalue weighted by atomic mass is 9.75. The number of hydrogen-bond acceptors (Lipinski definition) is 3. The number of Topliss-reactive ketones (excluding diaryl/α,β-unsaturated/α-hetero) is 1. The predicted octanol–water partition coefficient (Wildman–Crippen LogP) is 7.01. The molecule has 3 rings (SSSR count). The number of rotatable bonds is 5. The van der Waals surface area contributed by atoms with E-state index in [-0.39, 0.29) is 16.6 Å². The molecule has 0 heterocycles. The predicted molar refractivity (Wildman–Crippen MR) is 131 cm³/mol. The highest BCUT2D eigenvalue weighted by Gasteiger charge is 2.31. The number of benzene rings is 3. The number of carbonyl (C=O) groups excluding carboxylic acids is 1. The highest BCUT2D eigenvalue weighted by atomic mass is 16.5. The molecule has 0 amide bonds. The zero-order valence-electron chi connectivity index (χ0n) is 20.2. The fourth-order valence-electron chi connectivity index (χ4n) is 4.05. The zero-order chi connectivity index (χ0) is 23.7. The second-order valence-corrected chi connectivity index (χ2v) is 10.4. The van der Waals surface area contributed by atoms with Crippen molar-refractivity contribution in [2.24, 2.45) is 0 Å². The molecule has 0 bridgehead atoms. The molecule has 1 N–H and O–H groups in total. The van der Waals surface area contributed by atoms with Crippen LogP contribution in [0.1, 0.15) is 80.1 Å². The van der Waals surface area contributed by atoms with Crippen molar-refractivity contribution in [3.05, 3.63) is 94.5 Å². The lowest BCUT2D eigenvalue weighted by molar-refractivity contribution is 0.0973. The minimum Gasteiger partial charge on any atom is -0.507 e. The third kappa shape index (κ3) is 4.88. The molecule has 0 aliphatic heterocycles. The van der Waals surface area contributed by atoms with Crippen LogP contribution in [-0.2, 0) is 10.8 Å². The number of ether oxygens (including phenoxy) is 1. The van der Waals surface area contributed by atoms with Crippen molar-refractivity contribution < 1.29 is 14.6 Å². The van der Waals surface area contributed by atoms with Crippen LogP contribution in [0.2, 0.25) is 0 Å². The van der Waals surface area contributed by atoms with E-state index < -0.39 is 5.92 Å². The summed E-state index contributed by atoms with van der Waals surface area (Å²) in [7, 11) is 1.60. The van der Waals surface area contributed by atoms with Crippen LogP contribution in [0.3, 0.4) is 0 Å². The number of carbonyl (C=O) groups is 1. The molecule has 0 saturated carbocycles. The van der Waals surface area contributed by atoms with Gasteiger partial charge in [0, 0.05) is 5.56 Å². The molecule has 32 heavy (non-hydrogen) atoms. The van der Waals surface area contributed by atoms with Crippen molar-refractivity contribution in [2.75, 3.05) is 7.11 Å². The minimum atomic E-state index is -0.494. The monoisotopic (exact) mass is 430 g/mol. The Morgan fingerprint density at radius 2 is 1.34 bits per heavy atom.